The smallest absolute Gasteiger partial charge is 0.251 e. The Morgan fingerprint density at radius 2 is 1.91 bits per heavy atom. The van der Waals surface area contributed by atoms with Crippen LogP contribution in [0.25, 0.3) is 0 Å². The first-order valence-corrected chi connectivity index (χ1v) is 8.09. The highest BCUT2D eigenvalue weighted by molar-refractivity contribution is 9.10. The summed E-state index contributed by atoms with van der Waals surface area (Å²) in [6.45, 7) is 1.18. The van der Waals surface area contributed by atoms with Crippen molar-refractivity contribution in [3.63, 3.8) is 0 Å². The number of carbonyl (C=O) groups excluding carboxylic acids is 1. The van der Waals surface area contributed by atoms with Crippen LogP contribution in [0.2, 0.25) is 0 Å². The van der Waals surface area contributed by atoms with Gasteiger partial charge in [0.2, 0.25) is 0 Å². The molecule has 1 heterocycles. The molecule has 23 heavy (non-hydrogen) atoms. The number of nitrogens with one attached hydrogen (secondary N) is 1. The number of benzene rings is 2. The molecular weight excluding hydrogens is 354 g/mol. The summed E-state index contributed by atoms with van der Waals surface area (Å²) in [5, 5.41) is 7.20. The van der Waals surface area contributed by atoms with Crippen molar-refractivity contribution < 1.29 is 4.79 Å². The Bertz CT molecular complexity index is 800. The van der Waals surface area contributed by atoms with Gasteiger partial charge in [-0.1, -0.05) is 46.3 Å². The molecule has 1 N–H and O–H groups in total. The van der Waals surface area contributed by atoms with E-state index in [0.29, 0.717) is 18.7 Å². The Balaban J connectivity index is 1.69. The van der Waals surface area contributed by atoms with Crippen LogP contribution in [-0.2, 0) is 13.1 Å². The van der Waals surface area contributed by atoms with Crippen molar-refractivity contribution in [3.8, 4) is 0 Å². The molecule has 0 atom stereocenters. The summed E-state index contributed by atoms with van der Waals surface area (Å²) in [6.07, 6.45) is 3.69. The van der Waals surface area contributed by atoms with Crippen LogP contribution in [0, 0.1) is 0 Å². The molecular formula is C18H16BrN3O. The number of hydrogen-bond donors (Lipinski definition) is 1. The minimum absolute atomic E-state index is 0.0832. The average Bonchev–Trinajstić information content (AvgIpc) is 3.07. The monoisotopic (exact) mass is 369 g/mol. The molecule has 0 aliphatic carbocycles. The molecule has 1 amide bonds. The lowest BCUT2D eigenvalue weighted by molar-refractivity contribution is 0.0951. The lowest BCUT2D eigenvalue weighted by atomic mass is 10.1. The number of nitrogens with zero attached hydrogens (tertiary/aromatic N) is 2. The third-order valence-electron chi connectivity index (χ3n) is 3.54. The highest BCUT2D eigenvalue weighted by Gasteiger charge is 2.08. The minimum Gasteiger partial charge on any atom is -0.348 e. The van der Waals surface area contributed by atoms with Crippen LogP contribution >= 0.6 is 15.9 Å². The fourth-order valence-corrected chi connectivity index (χ4v) is 2.76. The van der Waals surface area contributed by atoms with E-state index in [1.165, 1.54) is 0 Å². The summed E-state index contributed by atoms with van der Waals surface area (Å²) in [5.41, 5.74) is 2.88. The molecule has 4 nitrogen and oxygen atoms in total. The maximum absolute atomic E-state index is 12.2. The first kappa shape index (κ1) is 15.5. The van der Waals surface area contributed by atoms with Crippen molar-refractivity contribution in [2.24, 2.45) is 0 Å². The second kappa shape index (κ2) is 7.24. The molecule has 0 saturated heterocycles. The van der Waals surface area contributed by atoms with E-state index in [1.54, 1.807) is 12.3 Å². The van der Waals surface area contributed by atoms with Crippen molar-refractivity contribution in [3.05, 3.63) is 88.2 Å². The normalized spacial score (nSPS) is 10.5. The Hall–Kier alpha value is -2.40. The van der Waals surface area contributed by atoms with E-state index < -0.39 is 0 Å². The fourth-order valence-electron chi connectivity index (χ4n) is 2.36. The number of aromatic nitrogens is 2. The van der Waals surface area contributed by atoms with E-state index in [9.17, 15) is 4.79 Å². The van der Waals surface area contributed by atoms with E-state index in [-0.39, 0.29) is 5.91 Å². The standard InChI is InChI=1S/C18H16BrN3O/c19-17-8-3-7-14(11-17)18(23)20-12-15-5-1-2-6-16(15)13-22-10-4-9-21-22/h1-11H,12-13H2,(H,20,23). The zero-order chi connectivity index (χ0) is 16.1. The zero-order valence-electron chi connectivity index (χ0n) is 12.4. The second-order valence-electron chi connectivity index (χ2n) is 5.17. The van der Waals surface area contributed by atoms with E-state index in [2.05, 4.69) is 32.4 Å². The first-order valence-electron chi connectivity index (χ1n) is 7.30. The van der Waals surface area contributed by atoms with Crippen LogP contribution in [0.15, 0.2) is 71.5 Å². The molecule has 116 valence electrons. The fraction of sp³-hybridized carbons (Fsp3) is 0.111. The first-order chi connectivity index (χ1) is 11.2. The van der Waals surface area contributed by atoms with Crippen LogP contribution in [-0.4, -0.2) is 15.7 Å². The highest BCUT2D eigenvalue weighted by Crippen LogP contribution is 2.13. The SMILES string of the molecule is O=C(NCc1ccccc1Cn1cccn1)c1cccc(Br)c1. The quantitative estimate of drug-likeness (QED) is 0.746. The van der Waals surface area contributed by atoms with Crippen molar-refractivity contribution in [2.75, 3.05) is 0 Å². The predicted molar refractivity (Wildman–Crippen MR) is 93.1 cm³/mol. The topological polar surface area (TPSA) is 46.9 Å². The Morgan fingerprint density at radius 1 is 1.09 bits per heavy atom. The number of carbonyl (C=O) groups is 1. The number of amides is 1. The van der Waals surface area contributed by atoms with Crippen molar-refractivity contribution in [2.45, 2.75) is 13.1 Å². The predicted octanol–water partition coefficient (Wildman–Crippen LogP) is 3.62. The van der Waals surface area contributed by atoms with Crippen LogP contribution in [0.3, 0.4) is 0 Å². The minimum atomic E-state index is -0.0832. The molecule has 0 aliphatic heterocycles. The summed E-state index contributed by atoms with van der Waals surface area (Å²) >= 11 is 3.38. The van der Waals surface area contributed by atoms with Crippen LogP contribution < -0.4 is 5.32 Å². The molecule has 0 bridgehead atoms. The summed E-state index contributed by atoms with van der Waals surface area (Å²) in [7, 11) is 0. The maximum Gasteiger partial charge on any atom is 0.251 e. The van der Waals surface area contributed by atoms with E-state index in [4.69, 9.17) is 0 Å². The summed E-state index contributed by atoms with van der Waals surface area (Å²) in [4.78, 5) is 12.2. The van der Waals surface area contributed by atoms with Gasteiger partial charge in [-0.15, -0.1) is 0 Å². The van der Waals surface area contributed by atoms with Gasteiger partial charge < -0.3 is 5.32 Å². The highest BCUT2D eigenvalue weighted by atomic mass is 79.9. The largest absolute Gasteiger partial charge is 0.348 e. The van der Waals surface area contributed by atoms with E-state index in [1.807, 2.05) is 53.3 Å². The average molecular weight is 370 g/mol. The van der Waals surface area contributed by atoms with E-state index in [0.717, 1.165) is 15.6 Å². The summed E-state index contributed by atoms with van der Waals surface area (Å²) in [5.74, 6) is -0.0832. The van der Waals surface area contributed by atoms with Gasteiger partial charge in [0.15, 0.2) is 0 Å². The molecule has 3 aromatic rings. The lowest BCUT2D eigenvalue weighted by Crippen LogP contribution is -2.23. The van der Waals surface area contributed by atoms with Gasteiger partial charge in [0.05, 0.1) is 6.54 Å². The third kappa shape index (κ3) is 4.07. The molecule has 1 aromatic heterocycles. The van der Waals surface area contributed by atoms with Crippen molar-refractivity contribution in [1.82, 2.24) is 15.1 Å². The number of rotatable bonds is 5. The van der Waals surface area contributed by atoms with E-state index >= 15 is 0 Å². The molecule has 0 aliphatic rings. The van der Waals surface area contributed by atoms with Crippen molar-refractivity contribution in [1.29, 1.82) is 0 Å². The molecule has 3 rings (SSSR count). The number of hydrogen-bond acceptors (Lipinski definition) is 2. The van der Waals surface area contributed by atoms with Gasteiger partial charge in [-0.05, 0) is 35.4 Å². The Kier molecular flexibility index (Phi) is 4.88. The van der Waals surface area contributed by atoms with Gasteiger partial charge in [0.1, 0.15) is 0 Å². The van der Waals surface area contributed by atoms with Gasteiger partial charge in [-0.2, -0.15) is 5.10 Å². The van der Waals surface area contributed by atoms with Crippen LogP contribution in [0.5, 0.6) is 0 Å². The molecule has 0 fully saturated rings. The van der Waals surface area contributed by atoms with Gasteiger partial charge in [0.25, 0.3) is 5.91 Å². The lowest BCUT2D eigenvalue weighted by Gasteiger charge is -2.11. The molecule has 0 radical (unpaired) electrons. The molecule has 0 spiro atoms. The van der Waals surface area contributed by atoms with Crippen molar-refractivity contribution >= 4 is 21.8 Å². The number of halogens is 1. The van der Waals surface area contributed by atoms with Crippen LogP contribution in [0.1, 0.15) is 21.5 Å². The third-order valence-corrected chi connectivity index (χ3v) is 4.03. The van der Waals surface area contributed by atoms with Gasteiger partial charge in [0, 0.05) is 29.0 Å². The van der Waals surface area contributed by atoms with Gasteiger partial charge in [-0.25, -0.2) is 0 Å². The maximum atomic E-state index is 12.2. The van der Waals surface area contributed by atoms with Gasteiger partial charge in [-0.3, -0.25) is 9.48 Å². The van der Waals surface area contributed by atoms with Crippen LogP contribution in [0.4, 0.5) is 0 Å². The second-order valence-corrected chi connectivity index (χ2v) is 6.08. The van der Waals surface area contributed by atoms with Gasteiger partial charge >= 0.3 is 0 Å². The molecule has 0 unspecified atom stereocenters. The molecule has 5 heteroatoms. The molecule has 2 aromatic carbocycles. The zero-order valence-corrected chi connectivity index (χ0v) is 14.0. The summed E-state index contributed by atoms with van der Waals surface area (Å²) < 4.78 is 2.76. The summed E-state index contributed by atoms with van der Waals surface area (Å²) in [6, 6.07) is 17.3. The Morgan fingerprint density at radius 3 is 2.65 bits per heavy atom. The Labute approximate surface area is 143 Å². The molecule has 0 saturated carbocycles.